The van der Waals surface area contributed by atoms with E-state index in [0.29, 0.717) is 17.6 Å². The largest absolute Gasteiger partial charge is 0.376 e. The molecule has 8 N–H and O–H groups in total. The van der Waals surface area contributed by atoms with Crippen LogP contribution in [-0.4, -0.2) is 53.4 Å². The number of hydrogen-bond acceptors (Lipinski definition) is 7. The molecule has 0 saturated heterocycles. The summed E-state index contributed by atoms with van der Waals surface area (Å²) in [4.78, 5) is 36.6. The number of carbonyl (C=O) groups is 3. The third-order valence-corrected chi connectivity index (χ3v) is 8.62. The van der Waals surface area contributed by atoms with Crippen LogP contribution in [0.4, 0.5) is 5.69 Å². The Morgan fingerprint density at radius 1 is 0.897 bits per heavy atom. The molecule has 4 saturated carbocycles. The van der Waals surface area contributed by atoms with Crippen molar-refractivity contribution >= 4 is 23.4 Å². The zero-order valence-electron chi connectivity index (χ0n) is 21.9. The molecular weight excluding hydrogens is 498 g/mol. The van der Waals surface area contributed by atoms with Crippen LogP contribution in [0.1, 0.15) is 48.9 Å². The van der Waals surface area contributed by atoms with E-state index in [1.165, 1.54) is 44.0 Å². The lowest BCUT2D eigenvalue weighted by Crippen LogP contribution is -2.55. The van der Waals surface area contributed by atoms with Gasteiger partial charge in [-0.1, -0.05) is 24.3 Å². The maximum atomic E-state index is 12.6. The molecule has 0 radical (unpaired) electrons. The molecule has 0 spiro atoms. The molecule has 2 atom stereocenters. The maximum Gasteiger partial charge on any atom is 0.270 e. The first-order valence-corrected chi connectivity index (χ1v) is 13.6. The fourth-order valence-corrected chi connectivity index (χ4v) is 7.31. The second kappa shape index (κ2) is 11.4. The SMILES string of the molecule is N[C@@H](O)[C@H](NC(=O)c1ccc(-c2ccc(NC(=O)CNCC34CC5CC(CC(C5)C3)C4)cc2)cc1)C(=O)NO. The Hall–Kier alpha value is -3.31. The molecule has 39 heavy (non-hydrogen) atoms. The lowest BCUT2D eigenvalue weighted by Gasteiger charge is -2.57. The second-order valence-electron chi connectivity index (χ2n) is 11.6. The molecule has 0 unspecified atom stereocenters. The van der Waals surface area contributed by atoms with E-state index < -0.39 is 24.1 Å². The first-order valence-electron chi connectivity index (χ1n) is 13.6. The second-order valence-corrected chi connectivity index (χ2v) is 11.6. The molecule has 10 nitrogen and oxygen atoms in total. The first kappa shape index (κ1) is 27.3. The number of aliphatic hydroxyl groups excluding tert-OH is 1. The number of anilines is 1. The van der Waals surface area contributed by atoms with E-state index in [1.807, 2.05) is 24.3 Å². The Labute approximate surface area is 227 Å². The van der Waals surface area contributed by atoms with Crippen molar-refractivity contribution in [2.24, 2.45) is 28.9 Å². The number of hydroxylamine groups is 1. The molecule has 4 aliphatic rings. The zero-order chi connectivity index (χ0) is 27.6. The number of amides is 3. The normalized spacial score (nSPS) is 26.5. The third-order valence-electron chi connectivity index (χ3n) is 8.62. The van der Waals surface area contributed by atoms with Gasteiger partial charge in [0, 0.05) is 17.8 Å². The minimum Gasteiger partial charge on any atom is -0.376 e. The van der Waals surface area contributed by atoms with E-state index in [4.69, 9.17) is 10.9 Å². The molecule has 4 fully saturated rings. The lowest BCUT2D eigenvalue weighted by molar-refractivity contribution is -0.133. The van der Waals surface area contributed by atoms with Gasteiger partial charge < -0.3 is 26.8 Å². The monoisotopic (exact) mass is 535 g/mol. The number of benzene rings is 2. The molecule has 3 amide bonds. The van der Waals surface area contributed by atoms with Crippen molar-refractivity contribution in [1.82, 2.24) is 16.1 Å². The Morgan fingerprint density at radius 2 is 1.44 bits per heavy atom. The van der Waals surface area contributed by atoms with Gasteiger partial charge in [0.15, 0.2) is 0 Å². The number of nitrogens with one attached hydrogen (secondary N) is 4. The molecule has 4 aliphatic carbocycles. The van der Waals surface area contributed by atoms with Crippen molar-refractivity contribution in [2.75, 3.05) is 18.4 Å². The maximum absolute atomic E-state index is 12.6. The number of nitrogens with two attached hydrogens (primary N) is 1. The van der Waals surface area contributed by atoms with E-state index in [1.54, 1.807) is 24.3 Å². The Balaban J connectivity index is 1.10. The van der Waals surface area contributed by atoms with Gasteiger partial charge in [-0.25, -0.2) is 5.48 Å². The smallest absolute Gasteiger partial charge is 0.270 e. The quantitative estimate of drug-likeness (QED) is 0.139. The molecular formula is C29H37N5O5. The third kappa shape index (κ3) is 6.30. The summed E-state index contributed by atoms with van der Waals surface area (Å²) in [7, 11) is 0. The van der Waals surface area contributed by atoms with Crippen LogP contribution in [-0.2, 0) is 9.59 Å². The van der Waals surface area contributed by atoms with Gasteiger partial charge in [-0.2, -0.15) is 0 Å². The molecule has 6 rings (SSSR count). The molecule has 4 bridgehead atoms. The van der Waals surface area contributed by atoms with Crippen LogP contribution in [0.5, 0.6) is 0 Å². The van der Waals surface area contributed by atoms with E-state index in [-0.39, 0.29) is 11.5 Å². The summed E-state index contributed by atoms with van der Waals surface area (Å²) in [6, 6.07) is 12.6. The highest BCUT2D eigenvalue weighted by Gasteiger charge is 2.50. The van der Waals surface area contributed by atoms with Gasteiger partial charge in [-0.3, -0.25) is 19.6 Å². The van der Waals surface area contributed by atoms with Crippen LogP contribution < -0.4 is 27.2 Å². The summed E-state index contributed by atoms with van der Waals surface area (Å²) in [6.07, 6.45) is 6.52. The van der Waals surface area contributed by atoms with Crippen molar-refractivity contribution in [3.63, 3.8) is 0 Å². The summed E-state index contributed by atoms with van der Waals surface area (Å²) in [5, 5.41) is 26.9. The lowest BCUT2D eigenvalue weighted by atomic mass is 9.49. The van der Waals surface area contributed by atoms with E-state index in [0.717, 1.165) is 35.4 Å². The predicted molar refractivity (Wildman–Crippen MR) is 145 cm³/mol. The van der Waals surface area contributed by atoms with Crippen LogP contribution in [0.25, 0.3) is 11.1 Å². The van der Waals surface area contributed by atoms with Crippen molar-refractivity contribution in [3.05, 3.63) is 54.1 Å². The minimum absolute atomic E-state index is 0.0568. The molecule has 2 aromatic rings. The van der Waals surface area contributed by atoms with Crippen molar-refractivity contribution in [3.8, 4) is 11.1 Å². The van der Waals surface area contributed by atoms with E-state index in [9.17, 15) is 19.5 Å². The van der Waals surface area contributed by atoms with Crippen molar-refractivity contribution < 1.29 is 24.7 Å². The van der Waals surface area contributed by atoms with Gasteiger partial charge in [0.1, 0.15) is 12.3 Å². The van der Waals surface area contributed by atoms with Crippen molar-refractivity contribution in [1.29, 1.82) is 0 Å². The first-order chi connectivity index (χ1) is 18.7. The molecule has 0 heterocycles. The van der Waals surface area contributed by atoms with Gasteiger partial charge in [-0.15, -0.1) is 0 Å². The summed E-state index contributed by atoms with van der Waals surface area (Å²) < 4.78 is 0. The highest BCUT2D eigenvalue weighted by atomic mass is 16.5. The molecule has 2 aromatic carbocycles. The van der Waals surface area contributed by atoms with Crippen molar-refractivity contribution in [2.45, 2.75) is 50.8 Å². The predicted octanol–water partition coefficient (Wildman–Crippen LogP) is 1.98. The Bertz CT molecular complexity index is 1160. The van der Waals surface area contributed by atoms with E-state index >= 15 is 0 Å². The summed E-state index contributed by atoms with van der Waals surface area (Å²) in [5.74, 6) is 0.984. The molecule has 10 heteroatoms. The summed E-state index contributed by atoms with van der Waals surface area (Å²) >= 11 is 0. The number of rotatable bonds is 10. The fourth-order valence-electron chi connectivity index (χ4n) is 7.31. The fraction of sp³-hybridized carbons (Fsp3) is 0.483. The number of carbonyl (C=O) groups excluding carboxylic acids is 3. The number of aliphatic hydroxyl groups is 1. The van der Waals surface area contributed by atoms with Crippen LogP contribution in [0, 0.1) is 23.2 Å². The standard InChI is InChI=1S/C29H37N5O5/c30-26(36)25(28(38)34-39)33-27(37)22-3-1-20(2-4-22)21-5-7-23(8-6-21)32-24(35)15-31-16-29-12-17-9-18(13-29)11-19(10-17)14-29/h1-8,17-19,25-26,31,36,39H,9-16,30H2,(H,32,35)(H,33,37)(H,34,38)/t17?,18?,19?,25-,26-,29?/m0/s1. The highest BCUT2D eigenvalue weighted by Crippen LogP contribution is 2.59. The topological polar surface area (TPSA) is 166 Å². The van der Waals surface area contributed by atoms with E-state index in [2.05, 4.69) is 16.0 Å². The molecule has 208 valence electrons. The van der Waals surface area contributed by atoms with Gasteiger partial charge in [0.2, 0.25) is 5.91 Å². The van der Waals surface area contributed by atoms with Crippen LogP contribution in [0.3, 0.4) is 0 Å². The molecule has 0 aliphatic heterocycles. The highest BCUT2D eigenvalue weighted by molar-refractivity contribution is 5.98. The van der Waals surface area contributed by atoms with Gasteiger partial charge in [0.05, 0.1) is 6.54 Å². The van der Waals surface area contributed by atoms with Crippen LogP contribution in [0.2, 0.25) is 0 Å². The van der Waals surface area contributed by atoms with Crippen LogP contribution in [0.15, 0.2) is 48.5 Å². The summed E-state index contributed by atoms with van der Waals surface area (Å²) in [5.41, 5.74) is 9.77. The average molecular weight is 536 g/mol. The number of hydrogen-bond donors (Lipinski definition) is 7. The van der Waals surface area contributed by atoms with Gasteiger partial charge in [-0.05, 0) is 97.1 Å². The summed E-state index contributed by atoms with van der Waals surface area (Å²) in [6.45, 7) is 1.23. The molecule has 0 aromatic heterocycles. The Morgan fingerprint density at radius 3 is 1.95 bits per heavy atom. The zero-order valence-corrected chi connectivity index (χ0v) is 21.9. The average Bonchev–Trinajstić information content (AvgIpc) is 2.90. The van der Waals surface area contributed by atoms with Gasteiger partial charge in [0.25, 0.3) is 11.8 Å². The van der Waals surface area contributed by atoms with Gasteiger partial charge >= 0.3 is 0 Å². The van der Waals surface area contributed by atoms with Crippen LogP contribution >= 0.6 is 0 Å². The Kier molecular flexibility index (Phi) is 7.99. The minimum atomic E-state index is -1.68.